The molecular formula is C23H26Cl6FN5O4S7Zn. The van der Waals surface area contributed by atoms with Crippen molar-refractivity contribution in [2.45, 2.75) is 25.3 Å². The first-order valence-electron chi connectivity index (χ1n) is 12.4. The maximum absolute atomic E-state index is 13.0. The number of allylic oxidation sites excluding steroid dienone is 1. The fourth-order valence-corrected chi connectivity index (χ4v) is 8.17. The maximum atomic E-state index is 13.0. The predicted molar refractivity (Wildman–Crippen MR) is 205 cm³/mol. The van der Waals surface area contributed by atoms with Gasteiger partial charge in [-0.15, -0.1) is 26.9 Å². The third-order valence-corrected chi connectivity index (χ3v) is 12.6. The molecule has 24 heteroatoms. The first-order chi connectivity index (χ1) is 21.1. The van der Waals surface area contributed by atoms with E-state index in [9.17, 15) is 22.4 Å². The number of anilines is 1. The molecule has 1 heterocycles. The summed E-state index contributed by atoms with van der Waals surface area (Å²) in [5.74, 6) is -1.32. The van der Waals surface area contributed by atoms with Crippen LogP contribution in [0.3, 0.4) is 0 Å². The Morgan fingerprint density at radius 1 is 1.06 bits per heavy atom. The Balaban J connectivity index is 0.000000699. The van der Waals surface area contributed by atoms with E-state index in [2.05, 4.69) is 60.3 Å². The molecule has 0 spiro atoms. The van der Waals surface area contributed by atoms with Gasteiger partial charge in [-0.1, -0.05) is 85.4 Å². The minimum atomic E-state index is -3.90. The van der Waals surface area contributed by atoms with E-state index in [0.717, 1.165) is 15.0 Å². The van der Waals surface area contributed by atoms with Crippen LogP contribution < -0.4 is 14.9 Å². The smallest absolute Gasteiger partial charge is 0.412 e. The molecule has 0 aromatic heterocycles. The first kappa shape index (κ1) is 48.0. The van der Waals surface area contributed by atoms with Gasteiger partial charge in [-0.2, -0.15) is 12.8 Å². The van der Waals surface area contributed by atoms with Crippen molar-refractivity contribution in [2.75, 3.05) is 31.5 Å². The van der Waals surface area contributed by atoms with E-state index >= 15 is 0 Å². The van der Waals surface area contributed by atoms with Crippen molar-refractivity contribution in [3.63, 3.8) is 0 Å². The number of hydrogen-bond donors (Lipinski definition) is 2. The van der Waals surface area contributed by atoms with Gasteiger partial charge in [0, 0.05) is 51.1 Å². The molecular weight excluding hydrogens is 932 g/mol. The number of fused-ring (bicyclic) bond motifs is 1. The number of halogens is 7. The molecule has 2 atom stereocenters. The molecule has 2 unspecified atom stereocenters. The van der Waals surface area contributed by atoms with Gasteiger partial charge in [-0.3, -0.25) is 13.9 Å². The Labute approximate surface area is 347 Å². The summed E-state index contributed by atoms with van der Waals surface area (Å²) in [5, 5.41) is 5.56. The van der Waals surface area contributed by atoms with Crippen molar-refractivity contribution in [3.8, 4) is 0 Å². The van der Waals surface area contributed by atoms with Crippen LogP contribution in [0, 0.1) is 11.8 Å². The topological polar surface area (TPSA) is 102 Å². The molecule has 47 heavy (non-hydrogen) atoms. The van der Waals surface area contributed by atoms with Crippen molar-refractivity contribution >= 4 is 180 Å². The van der Waals surface area contributed by atoms with Crippen molar-refractivity contribution in [2.24, 2.45) is 11.8 Å². The third kappa shape index (κ3) is 16.9. The van der Waals surface area contributed by atoms with Gasteiger partial charge in [0.25, 0.3) is 0 Å². The summed E-state index contributed by atoms with van der Waals surface area (Å²) in [6, 6.07) is 8.36. The van der Waals surface area contributed by atoms with E-state index in [4.69, 9.17) is 69.6 Å². The van der Waals surface area contributed by atoms with E-state index in [1.54, 1.807) is 36.4 Å². The molecule has 0 saturated carbocycles. The normalized spacial score (nSPS) is 17.5. The number of alkyl halides is 7. The average molecular weight is 958 g/mol. The van der Waals surface area contributed by atoms with Gasteiger partial charge in [0.1, 0.15) is 0 Å². The van der Waals surface area contributed by atoms with Gasteiger partial charge in [0.05, 0.1) is 17.5 Å². The number of amides is 2. The zero-order valence-electron chi connectivity index (χ0n) is 24.3. The van der Waals surface area contributed by atoms with Crippen LogP contribution in [0.15, 0.2) is 42.5 Å². The predicted octanol–water partition coefficient (Wildman–Crippen LogP) is 6.35. The number of nitrogens with zero attached hydrogens (tertiary/aromatic N) is 3. The Hall–Kier alpha value is 1.02. The maximum Gasteiger partial charge on any atom is 2.00 e. The molecule has 3 rings (SSSR count). The Bertz CT molecular complexity index is 1340. The van der Waals surface area contributed by atoms with Crippen LogP contribution in [0.1, 0.15) is 12.8 Å². The molecule has 0 radical (unpaired) electrons. The summed E-state index contributed by atoms with van der Waals surface area (Å²) in [6.07, 6.45) is 5.11. The second-order valence-corrected chi connectivity index (χ2v) is 20.2. The van der Waals surface area contributed by atoms with Gasteiger partial charge >= 0.3 is 33.6 Å². The molecule has 260 valence electrons. The second kappa shape index (κ2) is 22.2. The van der Waals surface area contributed by atoms with Crippen LogP contribution in [-0.4, -0.2) is 76.5 Å². The van der Waals surface area contributed by atoms with Crippen LogP contribution in [0.5, 0.6) is 0 Å². The summed E-state index contributed by atoms with van der Waals surface area (Å²) >= 11 is 52.4. The van der Waals surface area contributed by atoms with Gasteiger partial charge in [-0.05, 0) is 25.0 Å². The summed E-state index contributed by atoms with van der Waals surface area (Å²) < 4.78 is 36.2. The molecule has 1 aliphatic heterocycles. The molecule has 1 aliphatic carbocycles. The molecule has 1 aromatic carbocycles. The van der Waals surface area contributed by atoms with Crippen LogP contribution in [0.4, 0.5) is 10.1 Å². The molecule has 0 bridgehead atoms. The Morgan fingerprint density at radius 3 is 2.00 bits per heavy atom. The van der Waals surface area contributed by atoms with Gasteiger partial charge in [0.2, 0.25) is 15.5 Å². The minimum Gasteiger partial charge on any atom is -0.412 e. The number of thiocarbonyl (C=S) groups is 2. The molecule has 9 nitrogen and oxygen atoms in total. The fourth-order valence-electron chi connectivity index (χ4n) is 3.48. The monoisotopic (exact) mass is 953 g/mol. The van der Waals surface area contributed by atoms with Crippen molar-refractivity contribution in [3.05, 3.63) is 42.5 Å². The van der Waals surface area contributed by atoms with E-state index < -0.39 is 28.5 Å². The molecule has 1 fully saturated rings. The number of benzene rings is 1. The quantitative estimate of drug-likeness (QED) is 0.0378. The molecule has 2 amide bonds. The van der Waals surface area contributed by atoms with Crippen LogP contribution >= 0.6 is 118 Å². The van der Waals surface area contributed by atoms with Crippen molar-refractivity contribution in [1.82, 2.24) is 18.6 Å². The zero-order valence-corrected chi connectivity index (χ0v) is 37.5. The number of hydrogen-bond acceptors (Lipinski definition) is 10. The number of carbonyl (C=O) groups is 2. The Morgan fingerprint density at radius 2 is 1.57 bits per heavy atom. The summed E-state index contributed by atoms with van der Waals surface area (Å²) in [6.45, 7) is 1.33. The van der Waals surface area contributed by atoms with Crippen LogP contribution in [0.2, 0.25) is 0 Å². The van der Waals surface area contributed by atoms with Gasteiger partial charge < -0.3 is 60.3 Å². The molecule has 1 aromatic rings. The molecule has 2 N–H and O–H groups in total. The molecule has 1 saturated heterocycles. The van der Waals surface area contributed by atoms with E-state index in [0.29, 0.717) is 49.5 Å². The van der Waals surface area contributed by atoms with Crippen molar-refractivity contribution < 1.29 is 41.9 Å². The largest absolute Gasteiger partial charge is 2.00 e. The minimum absolute atomic E-state index is 0. The number of rotatable bonds is 11. The van der Waals surface area contributed by atoms with Crippen LogP contribution in [0.25, 0.3) is 0 Å². The van der Waals surface area contributed by atoms with Gasteiger partial charge in [-0.25, -0.2) is 4.31 Å². The third-order valence-electron chi connectivity index (χ3n) is 5.58. The zero-order chi connectivity index (χ0) is 35.5. The average Bonchev–Trinajstić information content (AvgIpc) is 3.19. The van der Waals surface area contributed by atoms with Gasteiger partial charge in [0.15, 0.2) is 4.84 Å². The number of carbonyl (C=O) groups excluding carboxylic acids is 2. The van der Waals surface area contributed by atoms with E-state index in [1.807, 2.05) is 6.08 Å². The standard InChI is InChI=1S/C10H9Cl4NO2S.C9H11Cl2FN2O2S2.C4H8N2S4.Zn/c11-9(12)10(13,14)18-15-7(16)5-3-1-2-4-6(5)8(15)17;1-13(8-6-4-3-5-7-8)18(15,16)14(2)17-9(10,11)12;7-3(8)5-1-2-6-4(9)10;/h1,3,5-6,9H,2,4H2;3-7H,1-2H3;1-2H2,(H2,5,7,8)(H2,6,9,10);/q;;;+2/p-2. The number of imide groups is 1. The van der Waals surface area contributed by atoms with E-state index in [1.165, 1.54) is 14.1 Å². The van der Waals surface area contributed by atoms with E-state index in [-0.39, 0.29) is 49.2 Å². The summed E-state index contributed by atoms with van der Waals surface area (Å²) in [4.78, 5) is 23.1. The number of nitrogens with one attached hydrogen (secondary N) is 2. The molecule has 2 aliphatic rings. The first-order valence-corrected chi connectivity index (χ1v) is 19.4. The SMILES string of the molecule is CN(SC(F)(Cl)Cl)S(=O)(=O)N(C)c1ccccc1.O=C1C2C=CCCC2C(=O)N1SC(Cl)(Cl)C(Cl)Cl.S=C([S-])NCCNC(=S)[S-].[Zn+2]. The summed E-state index contributed by atoms with van der Waals surface area (Å²) in [5.41, 5.74) is 0.443. The number of para-hydroxylation sites is 1. The fraction of sp³-hybridized carbons (Fsp3) is 0.478. The second-order valence-electron chi connectivity index (χ2n) is 8.75. The summed E-state index contributed by atoms with van der Waals surface area (Å²) in [7, 11) is -1.39. The van der Waals surface area contributed by atoms with Crippen LogP contribution in [-0.2, 0) is 64.5 Å². The Kier molecular flexibility index (Phi) is 22.7. The van der Waals surface area contributed by atoms with Crippen molar-refractivity contribution in [1.29, 1.82) is 0 Å².